The van der Waals surface area contributed by atoms with Crippen molar-refractivity contribution >= 4 is 17.5 Å². The fourth-order valence-electron chi connectivity index (χ4n) is 2.65. The van der Waals surface area contributed by atoms with Gasteiger partial charge in [-0.15, -0.1) is 0 Å². The maximum absolute atomic E-state index is 13.1. The average molecular weight is 329 g/mol. The maximum Gasteiger partial charge on any atom is 0.226 e. The molecule has 122 valence electrons. The van der Waals surface area contributed by atoms with Crippen molar-refractivity contribution in [1.82, 2.24) is 10.2 Å². The fraction of sp³-hybridized carbons (Fsp3) is 0.562. The molecule has 1 aromatic carbocycles. The van der Waals surface area contributed by atoms with Gasteiger partial charge in [0.05, 0.1) is 6.61 Å². The molecule has 1 N–H and O–H groups in total. The highest BCUT2D eigenvalue weighted by Crippen LogP contribution is 2.22. The summed E-state index contributed by atoms with van der Waals surface area (Å²) in [7, 11) is 1.61. The highest BCUT2D eigenvalue weighted by atomic mass is 35.5. The molecular formula is C16H22ClFN2O2. The van der Waals surface area contributed by atoms with E-state index in [0.29, 0.717) is 24.7 Å². The molecule has 1 saturated heterocycles. The first-order valence-electron chi connectivity index (χ1n) is 7.54. The van der Waals surface area contributed by atoms with Gasteiger partial charge in [-0.1, -0.05) is 17.7 Å². The smallest absolute Gasteiger partial charge is 0.226 e. The molecule has 1 aliphatic rings. The topological polar surface area (TPSA) is 41.6 Å². The van der Waals surface area contributed by atoms with E-state index in [-0.39, 0.29) is 17.6 Å². The van der Waals surface area contributed by atoms with Crippen LogP contribution in [0.5, 0.6) is 0 Å². The highest BCUT2D eigenvalue weighted by molar-refractivity contribution is 6.31. The number of amides is 1. The molecular weight excluding hydrogens is 307 g/mol. The Bertz CT molecular complexity index is 507. The molecule has 1 heterocycles. The van der Waals surface area contributed by atoms with Crippen LogP contribution in [-0.2, 0) is 16.1 Å². The Morgan fingerprint density at radius 2 is 2.18 bits per heavy atom. The second kappa shape index (κ2) is 8.46. The summed E-state index contributed by atoms with van der Waals surface area (Å²) >= 11 is 6.08. The quantitative estimate of drug-likeness (QED) is 0.872. The average Bonchev–Trinajstić information content (AvgIpc) is 2.53. The molecule has 0 aliphatic carbocycles. The number of nitrogens with zero attached hydrogens (tertiary/aromatic N) is 1. The highest BCUT2D eigenvalue weighted by Gasteiger charge is 2.26. The van der Waals surface area contributed by atoms with Crippen molar-refractivity contribution in [2.45, 2.75) is 19.4 Å². The SMILES string of the molecule is COCCN(Cc1ccc(F)cc1Cl)C(=O)C1CCNCC1. The Balaban J connectivity index is 2.09. The molecule has 0 atom stereocenters. The van der Waals surface area contributed by atoms with Gasteiger partial charge in [0.15, 0.2) is 0 Å². The lowest BCUT2D eigenvalue weighted by Crippen LogP contribution is -2.42. The monoisotopic (exact) mass is 328 g/mol. The van der Waals surface area contributed by atoms with Crippen LogP contribution in [0.25, 0.3) is 0 Å². The van der Waals surface area contributed by atoms with Gasteiger partial charge in [0.2, 0.25) is 5.91 Å². The van der Waals surface area contributed by atoms with Crippen molar-refractivity contribution in [2.24, 2.45) is 5.92 Å². The Hall–Kier alpha value is -1.17. The number of methoxy groups -OCH3 is 1. The number of halogens is 2. The predicted molar refractivity (Wildman–Crippen MR) is 84.3 cm³/mol. The zero-order chi connectivity index (χ0) is 15.9. The number of carbonyl (C=O) groups is 1. The second-order valence-electron chi connectivity index (χ2n) is 5.51. The summed E-state index contributed by atoms with van der Waals surface area (Å²) in [5.74, 6) is -0.210. The summed E-state index contributed by atoms with van der Waals surface area (Å²) in [6, 6.07) is 4.28. The molecule has 4 nitrogen and oxygen atoms in total. The molecule has 1 fully saturated rings. The Morgan fingerprint density at radius 3 is 2.82 bits per heavy atom. The van der Waals surface area contributed by atoms with Gasteiger partial charge < -0.3 is 15.0 Å². The van der Waals surface area contributed by atoms with Gasteiger partial charge in [-0.05, 0) is 43.6 Å². The lowest BCUT2D eigenvalue weighted by Gasteiger charge is -2.30. The number of carbonyl (C=O) groups excluding carboxylic acids is 1. The molecule has 0 bridgehead atoms. The van der Waals surface area contributed by atoms with Crippen LogP contribution >= 0.6 is 11.6 Å². The zero-order valence-corrected chi connectivity index (χ0v) is 13.5. The number of hydrogen-bond acceptors (Lipinski definition) is 3. The number of rotatable bonds is 6. The molecule has 0 saturated carbocycles. The summed E-state index contributed by atoms with van der Waals surface area (Å²) in [5.41, 5.74) is 0.751. The lowest BCUT2D eigenvalue weighted by molar-refractivity contribution is -0.137. The molecule has 1 aromatic rings. The summed E-state index contributed by atoms with van der Waals surface area (Å²) in [6.45, 7) is 3.09. The normalized spacial score (nSPS) is 15.8. The lowest BCUT2D eigenvalue weighted by atomic mass is 9.96. The molecule has 0 aromatic heterocycles. The van der Waals surface area contributed by atoms with Crippen LogP contribution in [0.1, 0.15) is 18.4 Å². The minimum atomic E-state index is -0.373. The van der Waals surface area contributed by atoms with E-state index in [0.717, 1.165) is 31.5 Å². The van der Waals surface area contributed by atoms with Crippen molar-refractivity contribution in [1.29, 1.82) is 0 Å². The Kier molecular flexibility index (Phi) is 6.61. The molecule has 2 rings (SSSR count). The van der Waals surface area contributed by atoms with Gasteiger partial charge in [-0.25, -0.2) is 4.39 Å². The summed E-state index contributed by atoms with van der Waals surface area (Å²) in [4.78, 5) is 14.5. The van der Waals surface area contributed by atoms with Crippen LogP contribution in [-0.4, -0.2) is 44.2 Å². The minimum Gasteiger partial charge on any atom is -0.383 e. The van der Waals surface area contributed by atoms with Gasteiger partial charge >= 0.3 is 0 Å². The van der Waals surface area contributed by atoms with E-state index in [2.05, 4.69) is 5.32 Å². The maximum atomic E-state index is 13.1. The van der Waals surface area contributed by atoms with Crippen molar-refractivity contribution in [3.63, 3.8) is 0 Å². The zero-order valence-electron chi connectivity index (χ0n) is 12.8. The molecule has 22 heavy (non-hydrogen) atoms. The van der Waals surface area contributed by atoms with E-state index in [4.69, 9.17) is 16.3 Å². The minimum absolute atomic E-state index is 0.0392. The number of ether oxygens (including phenoxy) is 1. The molecule has 1 amide bonds. The van der Waals surface area contributed by atoms with E-state index in [1.807, 2.05) is 0 Å². The Labute approximate surface area is 135 Å². The van der Waals surface area contributed by atoms with Crippen LogP contribution < -0.4 is 5.32 Å². The van der Waals surface area contributed by atoms with Crippen molar-refractivity contribution in [2.75, 3.05) is 33.4 Å². The fourth-order valence-corrected chi connectivity index (χ4v) is 2.88. The largest absolute Gasteiger partial charge is 0.383 e. The predicted octanol–water partition coefficient (Wildman–Crippen LogP) is 2.45. The third-order valence-corrected chi connectivity index (χ3v) is 4.29. The van der Waals surface area contributed by atoms with Crippen LogP contribution in [0, 0.1) is 11.7 Å². The van der Waals surface area contributed by atoms with Crippen LogP contribution in [0.4, 0.5) is 4.39 Å². The van der Waals surface area contributed by atoms with Crippen LogP contribution in [0.2, 0.25) is 5.02 Å². The van der Waals surface area contributed by atoms with Gasteiger partial charge in [0, 0.05) is 31.1 Å². The third-order valence-electron chi connectivity index (χ3n) is 3.94. The number of hydrogen-bond donors (Lipinski definition) is 1. The van der Waals surface area contributed by atoms with Gasteiger partial charge in [-0.2, -0.15) is 0 Å². The first-order chi connectivity index (χ1) is 10.6. The van der Waals surface area contributed by atoms with E-state index in [1.165, 1.54) is 12.1 Å². The van der Waals surface area contributed by atoms with E-state index < -0.39 is 0 Å². The number of piperidine rings is 1. The van der Waals surface area contributed by atoms with Crippen LogP contribution in [0.15, 0.2) is 18.2 Å². The van der Waals surface area contributed by atoms with Crippen molar-refractivity contribution in [3.05, 3.63) is 34.6 Å². The van der Waals surface area contributed by atoms with E-state index in [9.17, 15) is 9.18 Å². The number of nitrogens with one attached hydrogen (secondary N) is 1. The molecule has 0 unspecified atom stereocenters. The van der Waals surface area contributed by atoms with Gasteiger partial charge in [0.25, 0.3) is 0 Å². The van der Waals surface area contributed by atoms with Crippen molar-refractivity contribution in [3.8, 4) is 0 Å². The van der Waals surface area contributed by atoms with E-state index >= 15 is 0 Å². The third kappa shape index (κ3) is 4.66. The Morgan fingerprint density at radius 1 is 1.45 bits per heavy atom. The standard InChI is InChI=1S/C16H22ClFN2O2/c1-22-9-8-20(16(21)12-4-6-19-7-5-12)11-13-2-3-14(18)10-15(13)17/h2-3,10,12,19H,4-9,11H2,1H3. The molecule has 0 spiro atoms. The van der Waals surface area contributed by atoms with E-state index in [1.54, 1.807) is 18.1 Å². The van der Waals surface area contributed by atoms with Crippen LogP contribution in [0.3, 0.4) is 0 Å². The molecule has 6 heteroatoms. The number of benzene rings is 1. The summed E-state index contributed by atoms with van der Waals surface area (Å²) in [5, 5.41) is 3.61. The summed E-state index contributed by atoms with van der Waals surface area (Å²) < 4.78 is 18.2. The second-order valence-corrected chi connectivity index (χ2v) is 5.92. The first kappa shape index (κ1) is 17.2. The molecule has 1 aliphatic heterocycles. The first-order valence-corrected chi connectivity index (χ1v) is 7.92. The van der Waals surface area contributed by atoms with Gasteiger partial charge in [-0.3, -0.25) is 4.79 Å². The summed E-state index contributed by atoms with van der Waals surface area (Å²) in [6.07, 6.45) is 1.69. The van der Waals surface area contributed by atoms with Crippen molar-refractivity contribution < 1.29 is 13.9 Å². The molecule has 0 radical (unpaired) electrons. The van der Waals surface area contributed by atoms with Gasteiger partial charge in [0.1, 0.15) is 5.82 Å².